The minimum atomic E-state index is -0.413. The Kier molecular flexibility index (Phi) is 2.10. The summed E-state index contributed by atoms with van der Waals surface area (Å²) in [5.41, 5.74) is 0. The second-order valence-electron chi connectivity index (χ2n) is 1.60. The van der Waals surface area contributed by atoms with E-state index in [1.54, 1.807) is 22.6 Å². The van der Waals surface area contributed by atoms with Crippen LogP contribution in [0, 0.1) is 5.95 Å². The van der Waals surface area contributed by atoms with E-state index in [4.69, 9.17) is 0 Å². The standard InChI is InChI=1S/C5H7FN2S/c1-9-4-8-3-2-5(6)7-8/h2-3H,4H2,1H3. The molecule has 0 aliphatic heterocycles. The van der Waals surface area contributed by atoms with E-state index >= 15 is 0 Å². The van der Waals surface area contributed by atoms with E-state index in [2.05, 4.69) is 5.10 Å². The molecular formula is C5H7FN2S. The quantitative estimate of drug-likeness (QED) is 0.626. The van der Waals surface area contributed by atoms with Gasteiger partial charge in [-0.2, -0.15) is 4.39 Å². The summed E-state index contributed by atoms with van der Waals surface area (Å²) >= 11 is 1.60. The molecule has 1 aromatic heterocycles. The molecule has 0 saturated carbocycles. The highest BCUT2D eigenvalue weighted by molar-refractivity contribution is 7.97. The van der Waals surface area contributed by atoms with Gasteiger partial charge in [0.05, 0.1) is 5.88 Å². The maximum atomic E-state index is 12.1. The molecule has 0 amide bonds. The highest BCUT2D eigenvalue weighted by Gasteiger charge is 1.92. The molecule has 0 spiro atoms. The second-order valence-corrected chi connectivity index (χ2v) is 2.43. The molecule has 1 heterocycles. The van der Waals surface area contributed by atoms with Crippen LogP contribution in [0.15, 0.2) is 12.3 Å². The minimum absolute atomic E-state index is 0.413. The lowest BCUT2D eigenvalue weighted by molar-refractivity contribution is 0.551. The summed E-state index contributed by atoms with van der Waals surface area (Å²) < 4.78 is 13.7. The molecule has 50 valence electrons. The Hall–Kier alpha value is -0.510. The van der Waals surface area contributed by atoms with Crippen LogP contribution in [0.25, 0.3) is 0 Å². The van der Waals surface area contributed by atoms with Crippen LogP contribution in [0.4, 0.5) is 4.39 Å². The molecule has 4 heteroatoms. The predicted octanol–water partition coefficient (Wildman–Crippen LogP) is 1.34. The molecule has 0 fully saturated rings. The largest absolute Gasteiger partial charge is 0.260 e. The fraction of sp³-hybridized carbons (Fsp3) is 0.400. The molecule has 0 aromatic carbocycles. The number of nitrogens with zero attached hydrogens (tertiary/aromatic N) is 2. The lowest BCUT2D eigenvalue weighted by Gasteiger charge is -1.92. The third-order valence-corrected chi connectivity index (χ3v) is 1.39. The van der Waals surface area contributed by atoms with Crippen LogP contribution in [-0.2, 0) is 5.88 Å². The summed E-state index contributed by atoms with van der Waals surface area (Å²) in [5.74, 6) is 0.299. The van der Waals surface area contributed by atoms with E-state index in [0.29, 0.717) is 5.88 Å². The Morgan fingerprint density at radius 1 is 1.89 bits per heavy atom. The van der Waals surface area contributed by atoms with E-state index in [0.717, 1.165) is 0 Å². The lowest BCUT2D eigenvalue weighted by Crippen LogP contribution is -1.93. The highest BCUT2D eigenvalue weighted by Crippen LogP contribution is 1.98. The average molecular weight is 146 g/mol. The molecule has 0 aliphatic carbocycles. The molecule has 9 heavy (non-hydrogen) atoms. The second kappa shape index (κ2) is 2.87. The van der Waals surface area contributed by atoms with Crippen molar-refractivity contribution in [2.45, 2.75) is 5.88 Å². The highest BCUT2D eigenvalue weighted by atomic mass is 32.2. The lowest BCUT2D eigenvalue weighted by atomic mass is 10.7. The summed E-state index contributed by atoms with van der Waals surface area (Å²) in [5, 5.41) is 3.53. The van der Waals surface area contributed by atoms with Gasteiger partial charge in [-0.3, -0.25) is 4.68 Å². The minimum Gasteiger partial charge on any atom is -0.260 e. The van der Waals surface area contributed by atoms with Crippen molar-refractivity contribution in [1.82, 2.24) is 9.78 Å². The van der Waals surface area contributed by atoms with Crippen molar-refractivity contribution < 1.29 is 4.39 Å². The molecule has 0 atom stereocenters. The van der Waals surface area contributed by atoms with Gasteiger partial charge in [-0.25, -0.2) is 0 Å². The summed E-state index contributed by atoms with van der Waals surface area (Å²) in [7, 11) is 0. The summed E-state index contributed by atoms with van der Waals surface area (Å²) in [4.78, 5) is 0. The summed E-state index contributed by atoms with van der Waals surface area (Å²) in [6, 6.07) is 1.34. The zero-order chi connectivity index (χ0) is 6.69. The first-order valence-electron chi connectivity index (χ1n) is 2.51. The van der Waals surface area contributed by atoms with Gasteiger partial charge in [0.15, 0.2) is 0 Å². The Labute approximate surface area is 57.1 Å². The normalized spacial score (nSPS) is 10.0. The molecule has 0 N–H and O–H groups in total. The molecular weight excluding hydrogens is 139 g/mol. The van der Waals surface area contributed by atoms with Crippen LogP contribution in [-0.4, -0.2) is 16.0 Å². The maximum Gasteiger partial charge on any atom is 0.232 e. The molecule has 0 unspecified atom stereocenters. The van der Waals surface area contributed by atoms with Crippen LogP contribution in [0.2, 0.25) is 0 Å². The van der Waals surface area contributed by atoms with Gasteiger partial charge in [0.2, 0.25) is 5.95 Å². The van der Waals surface area contributed by atoms with Gasteiger partial charge in [-0.15, -0.1) is 16.9 Å². The number of rotatable bonds is 2. The fourth-order valence-corrected chi connectivity index (χ4v) is 0.949. The molecule has 1 aromatic rings. The molecule has 1 rings (SSSR count). The van der Waals surface area contributed by atoms with Gasteiger partial charge in [0.25, 0.3) is 0 Å². The van der Waals surface area contributed by atoms with Gasteiger partial charge < -0.3 is 0 Å². The predicted molar refractivity (Wildman–Crippen MR) is 35.7 cm³/mol. The monoisotopic (exact) mass is 146 g/mol. The van der Waals surface area contributed by atoms with Crippen molar-refractivity contribution >= 4 is 11.8 Å². The van der Waals surface area contributed by atoms with E-state index in [9.17, 15) is 4.39 Å². The van der Waals surface area contributed by atoms with Crippen molar-refractivity contribution in [2.24, 2.45) is 0 Å². The first-order chi connectivity index (χ1) is 4.33. The van der Waals surface area contributed by atoms with E-state index in [1.165, 1.54) is 6.07 Å². The first kappa shape index (κ1) is 6.61. The van der Waals surface area contributed by atoms with Crippen LogP contribution in [0.1, 0.15) is 0 Å². The third-order valence-electron chi connectivity index (χ3n) is 0.869. The van der Waals surface area contributed by atoms with Crippen LogP contribution < -0.4 is 0 Å². The Balaban J connectivity index is 2.61. The van der Waals surface area contributed by atoms with Crippen molar-refractivity contribution in [3.05, 3.63) is 18.2 Å². The van der Waals surface area contributed by atoms with Gasteiger partial charge in [0, 0.05) is 12.3 Å². The van der Waals surface area contributed by atoms with Crippen molar-refractivity contribution in [2.75, 3.05) is 6.26 Å². The third kappa shape index (κ3) is 1.71. The molecule has 0 radical (unpaired) electrons. The maximum absolute atomic E-state index is 12.1. The molecule has 0 aliphatic rings. The van der Waals surface area contributed by atoms with Crippen molar-refractivity contribution in [3.8, 4) is 0 Å². The Bertz CT molecular complexity index is 187. The molecule has 0 bridgehead atoms. The van der Waals surface area contributed by atoms with Gasteiger partial charge in [-0.1, -0.05) is 0 Å². The molecule has 2 nitrogen and oxygen atoms in total. The van der Waals surface area contributed by atoms with Gasteiger partial charge in [-0.05, 0) is 6.26 Å². The van der Waals surface area contributed by atoms with Crippen molar-refractivity contribution in [1.29, 1.82) is 0 Å². The SMILES string of the molecule is CSCn1ccc(F)n1. The topological polar surface area (TPSA) is 17.8 Å². The number of halogens is 1. The number of hydrogen-bond acceptors (Lipinski definition) is 2. The van der Waals surface area contributed by atoms with Gasteiger partial charge >= 0.3 is 0 Å². The van der Waals surface area contributed by atoms with E-state index < -0.39 is 5.95 Å². The number of aromatic nitrogens is 2. The van der Waals surface area contributed by atoms with E-state index in [-0.39, 0.29) is 0 Å². The van der Waals surface area contributed by atoms with E-state index in [1.807, 2.05) is 6.26 Å². The smallest absolute Gasteiger partial charge is 0.232 e. The number of thioether (sulfide) groups is 1. The Morgan fingerprint density at radius 2 is 2.67 bits per heavy atom. The van der Waals surface area contributed by atoms with Crippen LogP contribution in [0.3, 0.4) is 0 Å². The summed E-state index contributed by atoms with van der Waals surface area (Å²) in [6.07, 6.45) is 3.56. The summed E-state index contributed by atoms with van der Waals surface area (Å²) in [6.45, 7) is 0. The van der Waals surface area contributed by atoms with Gasteiger partial charge in [0.1, 0.15) is 0 Å². The first-order valence-corrected chi connectivity index (χ1v) is 3.90. The Morgan fingerprint density at radius 3 is 3.11 bits per heavy atom. The number of hydrogen-bond donors (Lipinski definition) is 0. The zero-order valence-electron chi connectivity index (χ0n) is 5.04. The zero-order valence-corrected chi connectivity index (χ0v) is 5.86. The van der Waals surface area contributed by atoms with Crippen LogP contribution in [0.5, 0.6) is 0 Å². The van der Waals surface area contributed by atoms with Crippen LogP contribution >= 0.6 is 11.8 Å². The molecule has 0 saturated heterocycles. The fourth-order valence-electron chi connectivity index (χ4n) is 0.541. The van der Waals surface area contributed by atoms with Crippen molar-refractivity contribution in [3.63, 3.8) is 0 Å². The average Bonchev–Trinajstić information content (AvgIpc) is 2.17.